The predicted molar refractivity (Wildman–Crippen MR) is 92.2 cm³/mol. The Kier molecular flexibility index (Phi) is 6.83. The standard InChI is InChI=1S/C16H21BrN2OS/c1-12-19-16(11-21-12)9-14(10-18-6-7-20-2)13-4-3-5-15(17)8-13/h3-5,8,11,14,18H,6-7,9-10H2,1-2H3. The van der Waals surface area contributed by atoms with Crippen molar-refractivity contribution >= 4 is 27.3 Å². The molecule has 1 aromatic carbocycles. The Morgan fingerprint density at radius 1 is 1.43 bits per heavy atom. The summed E-state index contributed by atoms with van der Waals surface area (Å²) in [5.74, 6) is 0.417. The van der Waals surface area contributed by atoms with E-state index in [-0.39, 0.29) is 0 Å². The highest BCUT2D eigenvalue weighted by molar-refractivity contribution is 9.10. The van der Waals surface area contributed by atoms with Gasteiger partial charge in [-0.05, 0) is 31.0 Å². The van der Waals surface area contributed by atoms with Crippen molar-refractivity contribution < 1.29 is 4.74 Å². The molecule has 0 aliphatic carbocycles. The average molecular weight is 369 g/mol. The first-order valence-electron chi connectivity index (χ1n) is 7.05. The molecule has 0 saturated carbocycles. The molecule has 1 aromatic heterocycles. The lowest BCUT2D eigenvalue weighted by molar-refractivity contribution is 0.199. The van der Waals surface area contributed by atoms with Crippen LogP contribution in [0, 0.1) is 6.92 Å². The summed E-state index contributed by atoms with van der Waals surface area (Å²) in [6.45, 7) is 4.59. The van der Waals surface area contributed by atoms with Gasteiger partial charge in [0.15, 0.2) is 0 Å². The van der Waals surface area contributed by atoms with E-state index in [9.17, 15) is 0 Å². The molecule has 3 nitrogen and oxygen atoms in total. The molecule has 0 aliphatic heterocycles. The Bertz CT molecular complexity index is 559. The second-order valence-electron chi connectivity index (χ2n) is 5.01. The third-order valence-corrected chi connectivity index (χ3v) is 4.63. The Balaban J connectivity index is 2.06. The van der Waals surface area contributed by atoms with Crippen LogP contribution in [0.3, 0.4) is 0 Å². The number of thiazole rings is 1. The third-order valence-electron chi connectivity index (χ3n) is 3.32. The molecule has 0 amide bonds. The summed E-state index contributed by atoms with van der Waals surface area (Å²) in [6.07, 6.45) is 0.959. The van der Waals surface area contributed by atoms with Crippen molar-refractivity contribution in [2.45, 2.75) is 19.3 Å². The minimum Gasteiger partial charge on any atom is -0.383 e. The molecule has 0 saturated heterocycles. The lowest BCUT2D eigenvalue weighted by Gasteiger charge is -2.17. The maximum absolute atomic E-state index is 5.09. The van der Waals surface area contributed by atoms with Crippen LogP contribution in [0.4, 0.5) is 0 Å². The summed E-state index contributed by atoms with van der Waals surface area (Å²) in [5, 5.41) is 6.76. The second kappa shape index (κ2) is 8.63. The van der Waals surface area contributed by atoms with Gasteiger partial charge in [-0.2, -0.15) is 0 Å². The van der Waals surface area contributed by atoms with Crippen LogP contribution in [0.15, 0.2) is 34.1 Å². The lowest BCUT2D eigenvalue weighted by Crippen LogP contribution is -2.26. The summed E-state index contributed by atoms with van der Waals surface area (Å²) in [4.78, 5) is 4.60. The van der Waals surface area contributed by atoms with E-state index in [2.05, 4.69) is 62.8 Å². The minimum atomic E-state index is 0.417. The van der Waals surface area contributed by atoms with Gasteiger partial charge in [0.05, 0.1) is 17.3 Å². The molecule has 1 N–H and O–H groups in total. The van der Waals surface area contributed by atoms with E-state index in [1.165, 1.54) is 11.3 Å². The van der Waals surface area contributed by atoms with Gasteiger partial charge in [0.1, 0.15) is 0 Å². The summed E-state index contributed by atoms with van der Waals surface area (Å²) < 4.78 is 6.21. The Hall–Kier alpha value is -0.750. The van der Waals surface area contributed by atoms with Crippen LogP contribution >= 0.6 is 27.3 Å². The molecule has 1 unspecified atom stereocenters. The van der Waals surface area contributed by atoms with Crippen LogP contribution < -0.4 is 5.32 Å². The molecule has 0 spiro atoms. The number of rotatable bonds is 8. The lowest BCUT2D eigenvalue weighted by atomic mass is 9.94. The fraction of sp³-hybridized carbons (Fsp3) is 0.438. The highest BCUT2D eigenvalue weighted by Crippen LogP contribution is 2.24. The fourth-order valence-electron chi connectivity index (χ4n) is 2.27. The number of nitrogens with one attached hydrogen (secondary N) is 1. The molecular formula is C16H21BrN2OS. The van der Waals surface area contributed by atoms with Crippen molar-refractivity contribution in [3.63, 3.8) is 0 Å². The van der Waals surface area contributed by atoms with Crippen LogP contribution in [-0.4, -0.2) is 31.8 Å². The first-order valence-corrected chi connectivity index (χ1v) is 8.72. The van der Waals surface area contributed by atoms with E-state index >= 15 is 0 Å². The van der Waals surface area contributed by atoms with Crippen molar-refractivity contribution in [3.05, 3.63) is 50.4 Å². The number of ether oxygens (including phenoxy) is 1. The van der Waals surface area contributed by atoms with Crippen molar-refractivity contribution in [2.75, 3.05) is 26.8 Å². The summed E-state index contributed by atoms with van der Waals surface area (Å²) in [5.41, 5.74) is 2.51. The molecule has 0 radical (unpaired) electrons. The number of aryl methyl sites for hydroxylation is 1. The Morgan fingerprint density at radius 2 is 2.29 bits per heavy atom. The van der Waals surface area contributed by atoms with Gasteiger partial charge >= 0.3 is 0 Å². The molecule has 5 heteroatoms. The van der Waals surface area contributed by atoms with Crippen LogP contribution in [0.5, 0.6) is 0 Å². The van der Waals surface area contributed by atoms with Gasteiger partial charge in [-0.1, -0.05) is 28.1 Å². The predicted octanol–water partition coefficient (Wildman–Crippen LogP) is 3.78. The van der Waals surface area contributed by atoms with Crippen LogP contribution in [-0.2, 0) is 11.2 Å². The topological polar surface area (TPSA) is 34.1 Å². The molecule has 1 atom stereocenters. The summed E-state index contributed by atoms with van der Waals surface area (Å²) in [7, 11) is 1.73. The van der Waals surface area contributed by atoms with E-state index in [1.807, 2.05) is 0 Å². The first-order chi connectivity index (χ1) is 10.2. The van der Waals surface area contributed by atoms with E-state index in [0.717, 1.165) is 35.6 Å². The van der Waals surface area contributed by atoms with Crippen LogP contribution in [0.25, 0.3) is 0 Å². The van der Waals surface area contributed by atoms with Crippen LogP contribution in [0.1, 0.15) is 22.2 Å². The van der Waals surface area contributed by atoms with E-state index in [4.69, 9.17) is 4.74 Å². The number of hydrogen-bond acceptors (Lipinski definition) is 4. The largest absolute Gasteiger partial charge is 0.383 e. The van der Waals surface area contributed by atoms with Crippen LogP contribution in [0.2, 0.25) is 0 Å². The minimum absolute atomic E-state index is 0.417. The van der Waals surface area contributed by atoms with E-state index in [0.29, 0.717) is 5.92 Å². The molecule has 2 aromatic rings. The number of nitrogens with zero attached hydrogens (tertiary/aromatic N) is 1. The quantitative estimate of drug-likeness (QED) is 0.720. The van der Waals surface area contributed by atoms with Crippen molar-refractivity contribution in [2.24, 2.45) is 0 Å². The van der Waals surface area contributed by atoms with E-state index in [1.54, 1.807) is 18.4 Å². The smallest absolute Gasteiger partial charge is 0.0897 e. The maximum Gasteiger partial charge on any atom is 0.0897 e. The van der Waals surface area contributed by atoms with Gasteiger partial charge in [-0.15, -0.1) is 11.3 Å². The van der Waals surface area contributed by atoms with Crippen molar-refractivity contribution in [1.82, 2.24) is 10.3 Å². The Morgan fingerprint density at radius 3 is 2.95 bits per heavy atom. The molecule has 1 heterocycles. The maximum atomic E-state index is 5.09. The number of aromatic nitrogens is 1. The number of benzene rings is 1. The SMILES string of the molecule is COCCNCC(Cc1csc(C)n1)c1cccc(Br)c1. The fourth-order valence-corrected chi connectivity index (χ4v) is 3.32. The second-order valence-corrected chi connectivity index (χ2v) is 6.99. The number of methoxy groups -OCH3 is 1. The monoisotopic (exact) mass is 368 g/mol. The van der Waals surface area contributed by atoms with Gasteiger partial charge < -0.3 is 10.1 Å². The molecule has 2 rings (SSSR count). The first kappa shape index (κ1) is 16.6. The molecule has 0 fully saturated rings. The highest BCUT2D eigenvalue weighted by Gasteiger charge is 2.14. The number of halogens is 1. The van der Waals surface area contributed by atoms with E-state index < -0.39 is 0 Å². The summed E-state index contributed by atoms with van der Waals surface area (Å²) in [6, 6.07) is 8.54. The average Bonchev–Trinajstić information content (AvgIpc) is 2.87. The van der Waals surface area contributed by atoms with Gasteiger partial charge in [0.2, 0.25) is 0 Å². The zero-order valence-electron chi connectivity index (χ0n) is 12.4. The molecular weight excluding hydrogens is 348 g/mol. The van der Waals surface area contributed by atoms with Gasteiger partial charge in [-0.3, -0.25) is 0 Å². The molecule has 114 valence electrons. The normalized spacial score (nSPS) is 12.5. The molecule has 0 aliphatic rings. The Labute approximate surface area is 138 Å². The third kappa shape index (κ3) is 5.51. The van der Waals surface area contributed by atoms with Gasteiger partial charge in [0, 0.05) is 36.0 Å². The molecule has 21 heavy (non-hydrogen) atoms. The van der Waals surface area contributed by atoms with Gasteiger partial charge in [0.25, 0.3) is 0 Å². The zero-order chi connectivity index (χ0) is 15.1. The zero-order valence-corrected chi connectivity index (χ0v) is 14.8. The highest BCUT2D eigenvalue weighted by atomic mass is 79.9. The molecule has 0 bridgehead atoms. The van der Waals surface area contributed by atoms with Crippen molar-refractivity contribution in [1.29, 1.82) is 0 Å². The van der Waals surface area contributed by atoms with Gasteiger partial charge in [-0.25, -0.2) is 4.98 Å². The summed E-state index contributed by atoms with van der Waals surface area (Å²) >= 11 is 5.27. The van der Waals surface area contributed by atoms with Crippen molar-refractivity contribution in [3.8, 4) is 0 Å². The number of hydrogen-bond donors (Lipinski definition) is 1.